The van der Waals surface area contributed by atoms with Gasteiger partial charge in [-0.3, -0.25) is 4.79 Å². The maximum atomic E-state index is 12.7. The summed E-state index contributed by atoms with van der Waals surface area (Å²) in [4.78, 5) is 12.0. The van der Waals surface area contributed by atoms with Gasteiger partial charge in [-0.1, -0.05) is 36.4 Å². The van der Waals surface area contributed by atoms with Gasteiger partial charge in [-0.2, -0.15) is 0 Å². The SMILES string of the molecule is C[C@@H]1[C@H](C)C1(I)C(=O)Nc1ccc(F)cc1. The van der Waals surface area contributed by atoms with Gasteiger partial charge in [-0.05, 0) is 36.1 Å². The highest BCUT2D eigenvalue weighted by Gasteiger charge is 2.62. The van der Waals surface area contributed by atoms with Gasteiger partial charge in [-0.15, -0.1) is 0 Å². The quantitative estimate of drug-likeness (QED) is 0.653. The molecule has 1 N–H and O–H groups in total. The second-order valence-corrected chi connectivity index (χ2v) is 6.09. The van der Waals surface area contributed by atoms with E-state index in [1.54, 1.807) is 12.1 Å². The molecule has 1 fully saturated rings. The van der Waals surface area contributed by atoms with Crippen LogP contribution in [0.4, 0.5) is 10.1 Å². The number of alkyl halides is 1. The first-order valence-electron chi connectivity index (χ1n) is 5.22. The second-order valence-electron chi connectivity index (χ2n) is 4.31. The molecule has 0 aromatic heterocycles. The number of carbonyl (C=O) groups is 1. The van der Waals surface area contributed by atoms with Crippen LogP contribution in [-0.2, 0) is 4.79 Å². The minimum absolute atomic E-state index is 0.0136. The van der Waals surface area contributed by atoms with Crippen molar-refractivity contribution in [3.05, 3.63) is 30.1 Å². The van der Waals surface area contributed by atoms with Crippen LogP contribution >= 0.6 is 22.6 Å². The summed E-state index contributed by atoms with van der Waals surface area (Å²) >= 11 is 2.21. The summed E-state index contributed by atoms with van der Waals surface area (Å²) in [5.74, 6) is 0.511. The lowest BCUT2D eigenvalue weighted by molar-refractivity contribution is -0.116. The zero-order valence-electron chi connectivity index (χ0n) is 9.13. The summed E-state index contributed by atoms with van der Waals surface area (Å²) in [6.45, 7) is 4.14. The summed E-state index contributed by atoms with van der Waals surface area (Å²) in [7, 11) is 0. The Morgan fingerprint density at radius 3 is 2.25 bits per heavy atom. The summed E-state index contributed by atoms with van der Waals surface area (Å²) in [6.07, 6.45) is 0. The van der Waals surface area contributed by atoms with E-state index in [2.05, 4.69) is 41.8 Å². The fourth-order valence-corrected chi connectivity index (χ4v) is 2.93. The van der Waals surface area contributed by atoms with Crippen molar-refractivity contribution in [1.82, 2.24) is 0 Å². The lowest BCUT2D eigenvalue weighted by Gasteiger charge is -2.10. The Morgan fingerprint density at radius 2 is 1.81 bits per heavy atom. The summed E-state index contributed by atoms with van der Waals surface area (Å²) in [6, 6.07) is 5.83. The molecule has 0 saturated heterocycles. The molecule has 1 aliphatic rings. The fourth-order valence-electron chi connectivity index (χ4n) is 1.90. The van der Waals surface area contributed by atoms with Gasteiger partial charge >= 0.3 is 0 Å². The zero-order chi connectivity index (χ0) is 11.9. The summed E-state index contributed by atoms with van der Waals surface area (Å²) < 4.78 is 12.4. The highest BCUT2D eigenvalue weighted by molar-refractivity contribution is 14.1. The van der Waals surface area contributed by atoms with Gasteiger partial charge in [0.05, 0.1) is 0 Å². The number of hydrogen-bond acceptors (Lipinski definition) is 1. The molecule has 0 radical (unpaired) electrons. The largest absolute Gasteiger partial charge is 0.325 e. The first kappa shape index (κ1) is 11.8. The van der Waals surface area contributed by atoms with E-state index in [4.69, 9.17) is 0 Å². The average Bonchev–Trinajstić information content (AvgIpc) is 2.75. The number of carbonyl (C=O) groups excluding carboxylic acids is 1. The highest BCUT2D eigenvalue weighted by atomic mass is 127. The number of benzene rings is 1. The molecule has 16 heavy (non-hydrogen) atoms. The van der Waals surface area contributed by atoms with Gasteiger partial charge in [0.2, 0.25) is 5.91 Å². The number of hydrogen-bond donors (Lipinski definition) is 1. The maximum Gasteiger partial charge on any atom is 0.241 e. The molecular weight excluding hydrogens is 320 g/mol. The Labute approximate surface area is 108 Å². The predicted octanol–water partition coefficient (Wildman–Crippen LogP) is 3.22. The molecule has 1 aromatic rings. The van der Waals surface area contributed by atoms with E-state index < -0.39 is 0 Å². The maximum absolute atomic E-state index is 12.7. The second kappa shape index (κ2) is 3.98. The van der Waals surface area contributed by atoms with Crippen molar-refractivity contribution in [3.8, 4) is 0 Å². The van der Waals surface area contributed by atoms with E-state index in [9.17, 15) is 9.18 Å². The number of amides is 1. The number of rotatable bonds is 2. The van der Waals surface area contributed by atoms with Crippen molar-refractivity contribution in [2.24, 2.45) is 11.8 Å². The van der Waals surface area contributed by atoms with E-state index in [0.29, 0.717) is 17.5 Å². The van der Waals surface area contributed by atoms with Crippen LogP contribution < -0.4 is 5.32 Å². The lowest BCUT2D eigenvalue weighted by Crippen LogP contribution is -2.26. The van der Waals surface area contributed by atoms with Crippen molar-refractivity contribution < 1.29 is 9.18 Å². The van der Waals surface area contributed by atoms with Crippen molar-refractivity contribution in [1.29, 1.82) is 0 Å². The molecule has 0 aliphatic heterocycles. The first-order chi connectivity index (χ1) is 7.46. The third-order valence-corrected chi connectivity index (χ3v) is 5.87. The molecule has 2 rings (SSSR count). The van der Waals surface area contributed by atoms with Crippen LogP contribution in [0.1, 0.15) is 13.8 Å². The van der Waals surface area contributed by atoms with Crippen LogP contribution in [0.5, 0.6) is 0 Å². The molecular formula is C12H13FINO. The average molecular weight is 333 g/mol. The van der Waals surface area contributed by atoms with Crippen LogP contribution in [0, 0.1) is 17.7 Å². The Hall–Kier alpha value is -0.650. The molecule has 0 bridgehead atoms. The van der Waals surface area contributed by atoms with Crippen molar-refractivity contribution in [2.45, 2.75) is 17.3 Å². The minimum Gasteiger partial charge on any atom is -0.325 e. The molecule has 1 aliphatic carbocycles. The third-order valence-electron chi connectivity index (χ3n) is 3.42. The standard InChI is InChI=1S/C12H13FINO/c1-7-8(2)12(7,14)11(16)15-10-5-3-9(13)4-6-10/h3-8H,1-2H3,(H,15,16)/t7-,8+,12?. The van der Waals surface area contributed by atoms with Crippen molar-refractivity contribution >= 4 is 34.2 Å². The topological polar surface area (TPSA) is 29.1 Å². The molecule has 86 valence electrons. The van der Waals surface area contributed by atoms with E-state index >= 15 is 0 Å². The number of anilines is 1. The van der Waals surface area contributed by atoms with Gasteiger partial charge < -0.3 is 5.32 Å². The molecule has 0 spiro atoms. The van der Waals surface area contributed by atoms with Crippen LogP contribution in [-0.4, -0.2) is 9.33 Å². The lowest BCUT2D eigenvalue weighted by atomic mass is 10.2. The smallest absolute Gasteiger partial charge is 0.241 e. The highest BCUT2D eigenvalue weighted by Crippen LogP contribution is 2.57. The molecule has 1 unspecified atom stereocenters. The van der Waals surface area contributed by atoms with E-state index in [0.717, 1.165) is 0 Å². The molecule has 1 aromatic carbocycles. The Balaban J connectivity index is 2.06. The van der Waals surface area contributed by atoms with Crippen LogP contribution in [0.15, 0.2) is 24.3 Å². The van der Waals surface area contributed by atoms with E-state index in [1.165, 1.54) is 12.1 Å². The Morgan fingerprint density at radius 1 is 1.31 bits per heavy atom. The van der Waals surface area contributed by atoms with Crippen LogP contribution in [0.25, 0.3) is 0 Å². The molecule has 1 saturated carbocycles. The zero-order valence-corrected chi connectivity index (χ0v) is 11.3. The monoisotopic (exact) mass is 333 g/mol. The number of nitrogens with one attached hydrogen (secondary N) is 1. The predicted molar refractivity (Wildman–Crippen MR) is 70.1 cm³/mol. The van der Waals surface area contributed by atoms with Gasteiger partial charge in [0.25, 0.3) is 0 Å². The van der Waals surface area contributed by atoms with Gasteiger partial charge in [0, 0.05) is 5.69 Å². The third kappa shape index (κ3) is 1.83. The molecule has 1 amide bonds. The first-order valence-corrected chi connectivity index (χ1v) is 6.30. The van der Waals surface area contributed by atoms with Crippen LogP contribution in [0.3, 0.4) is 0 Å². The van der Waals surface area contributed by atoms with Gasteiger partial charge in [0.1, 0.15) is 9.24 Å². The van der Waals surface area contributed by atoms with Crippen molar-refractivity contribution in [3.63, 3.8) is 0 Å². The Kier molecular flexibility index (Phi) is 2.94. The molecule has 3 atom stereocenters. The normalized spacial score (nSPS) is 32.2. The minimum atomic E-state index is -0.299. The molecule has 0 heterocycles. The summed E-state index contributed by atoms with van der Waals surface area (Å²) in [5.41, 5.74) is 0.647. The Bertz CT molecular complexity index is 410. The van der Waals surface area contributed by atoms with Gasteiger partial charge in [0.15, 0.2) is 0 Å². The van der Waals surface area contributed by atoms with Gasteiger partial charge in [-0.25, -0.2) is 4.39 Å². The van der Waals surface area contributed by atoms with Crippen LogP contribution in [0.2, 0.25) is 0 Å². The fraction of sp³-hybridized carbons (Fsp3) is 0.417. The molecule has 2 nitrogen and oxygen atoms in total. The molecule has 4 heteroatoms. The van der Waals surface area contributed by atoms with E-state index in [-0.39, 0.29) is 15.1 Å². The number of halogens is 2. The summed E-state index contributed by atoms with van der Waals surface area (Å²) in [5, 5.41) is 2.82. The van der Waals surface area contributed by atoms with Crippen molar-refractivity contribution in [2.75, 3.05) is 5.32 Å². The van der Waals surface area contributed by atoms with E-state index in [1.807, 2.05) is 0 Å².